The van der Waals surface area contributed by atoms with Crippen molar-refractivity contribution < 1.29 is 13.2 Å². The van der Waals surface area contributed by atoms with E-state index < -0.39 is 15.9 Å². The van der Waals surface area contributed by atoms with Crippen LogP contribution >= 0.6 is 23.4 Å². The van der Waals surface area contributed by atoms with Gasteiger partial charge in [0.05, 0.1) is 22.7 Å². The van der Waals surface area contributed by atoms with E-state index in [4.69, 9.17) is 11.6 Å². The van der Waals surface area contributed by atoms with Gasteiger partial charge in [-0.05, 0) is 18.9 Å². The van der Waals surface area contributed by atoms with Gasteiger partial charge < -0.3 is 4.90 Å². The Morgan fingerprint density at radius 2 is 2.10 bits per heavy atom. The van der Waals surface area contributed by atoms with Gasteiger partial charge in [-0.3, -0.25) is 4.79 Å². The van der Waals surface area contributed by atoms with Crippen molar-refractivity contribution >= 4 is 39.1 Å². The zero-order chi connectivity index (χ0) is 21.0. The van der Waals surface area contributed by atoms with Crippen molar-refractivity contribution in [2.75, 3.05) is 17.3 Å². The first kappa shape index (κ1) is 21.8. The molecule has 1 aromatic carbocycles. The van der Waals surface area contributed by atoms with Crippen molar-refractivity contribution in [1.82, 2.24) is 14.9 Å². The molecule has 1 aliphatic heterocycles. The first-order valence-corrected chi connectivity index (χ1v) is 12.3. The molecule has 9 heteroatoms. The van der Waals surface area contributed by atoms with Crippen molar-refractivity contribution in [3.05, 3.63) is 65.0 Å². The summed E-state index contributed by atoms with van der Waals surface area (Å²) in [5.41, 5.74) is 2.11. The molecular formula is C20H22ClN3O3S2. The maximum atomic E-state index is 13.4. The number of thioether (sulfide) groups is 1. The largest absolute Gasteiger partial charge is 0.329 e. The van der Waals surface area contributed by atoms with Gasteiger partial charge in [-0.15, -0.1) is 6.58 Å². The predicted octanol–water partition coefficient (Wildman–Crippen LogP) is 3.55. The highest BCUT2D eigenvalue weighted by Gasteiger charge is 2.36. The van der Waals surface area contributed by atoms with Crippen molar-refractivity contribution in [2.24, 2.45) is 0 Å². The molecule has 0 aliphatic carbocycles. The van der Waals surface area contributed by atoms with Crippen molar-refractivity contribution in [3.63, 3.8) is 0 Å². The van der Waals surface area contributed by atoms with Crippen LogP contribution in [0.25, 0.3) is 0 Å². The van der Waals surface area contributed by atoms with Crippen LogP contribution in [-0.2, 0) is 16.4 Å². The summed E-state index contributed by atoms with van der Waals surface area (Å²) in [6.45, 7) is 5.94. The minimum absolute atomic E-state index is 0.0502. The number of carbonyl (C=O) groups is 1. The lowest BCUT2D eigenvalue weighted by molar-refractivity contribution is 0.0674. The number of rotatable bonds is 7. The molecule has 29 heavy (non-hydrogen) atoms. The van der Waals surface area contributed by atoms with E-state index in [1.807, 2.05) is 31.2 Å². The highest BCUT2D eigenvalue weighted by atomic mass is 35.5. The average molecular weight is 452 g/mol. The monoisotopic (exact) mass is 451 g/mol. The molecule has 1 amide bonds. The third-order valence-corrected chi connectivity index (χ3v) is 7.52. The van der Waals surface area contributed by atoms with Gasteiger partial charge in [-0.2, -0.15) is 0 Å². The molecule has 6 nitrogen and oxygen atoms in total. The summed E-state index contributed by atoms with van der Waals surface area (Å²) < 4.78 is 24.1. The molecule has 0 radical (unpaired) electrons. The van der Waals surface area contributed by atoms with Crippen molar-refractivity contribution in [2.45, 2.75) is 31.1 Å². The SMILES string of the molecule is C=CCSc1ncc(Cl)c(C(=O)N(Cc2ccc(C)cc2)C2CCS(=O)(=O)C2)n1. The molecular weight excluding hydrogens is 430 g/mol. The normalized spacial score (nSPS) is 17.8. The number of sulfone groups is 1. The van der Waals surface area contributed by atoms with Crippen LogP contribution in [0.5, 0.6) is 0 Å². The zero-order valence-corrected chi connectivity index (χ0v) is 18.4. The first-order valence-electron chi connectivity index (χ1n) is 9.12. The van der Waals surface area contributed by atoms with Gasteiger partial charge in [0.2, 0.25) is 0 Å². The molecule has 2 heterocycles. The summed E-state index contributed by atoms with van der Waals surface area (Å²) in [5.74, 6) is 0.238. The van der Waals surface area contributed by atoms with Crippen molar-refractivity contribution in [1.29, 1.82) is 0 Å². The second-order valence-electron chi connectivity index (χ2n) is 6.92. The zero-order valence-electron chi connectivity index (χ0n) is 16.0. The van der Waals surface area contributed by atoms with E-state index in [2.05, 4.69) is 16.5 Å². The summed E-state index contributed by atoms with van der Waals surface area (Å²) in [5, 5.41) is 0.569. The van der Waals surface area contributed by atoms with Crippen LogP contribution in [0, 0.1) is 6.92 Å². The molecule has 1 aliphatic rings. The quantitative estimate of drug-likeness (QED) is 0.364. The molecule has 0 saturated carbocycles. The molecule has 154 valence electrons. The molecule has 0 bridgehead atoms. The first-order chi connectivity index (χ1) is 13.8. The summed E-state index contributed by atoms with van der Waals surface area (Å²) in [6, 6.07) is 7.39. The molecule has 0 N–H and O–H groups in total. The number of aryl methyl sites for hydroxylation is 1. The Hall–Kier alpha value is -1.90. The smallest absolute Gasteiger partial charge is 0.274 e. The van der Waals surface area contributed by atoms with E-state index >= 15 is 0 Å². The molecule has 3 rings (SSSR count). The fraction of sp³-hybridized carbons (Fsp3) is 0.350. The standard InChI is InChI=1S/C20H22ClN3O3S2/c1-3-9-28-20-22-11-17(21)18(23-20)19(25)24(16-8-10-29(26,27)13-16)12-15-6-4-14(2)5-7-15/h3-7,11,16H,1,8-10,12-13H2,2H3. The third kappa shape index (κ3) is 5.58. The molecule has 1 atom stereocenters. The maximum absolute atomic E-state index is 13.4. The number of aromatic nitrogens is 2. The van der Waals surface area contributed by atoms with Crippen LogP contribution < -0.4 is 0 Å². The van der Waals surface area contributed by atoms with Gasteiger partial charge in [0, 0.05) is 18.3 Å². The number of hydrogen-bond acceptors (Lipinski definition) is 6. The Bertz CT molecular complexity index is 1010. The third-order valence-electron chi connectivity index (χ3n) is 4.64. The highest BCUT2D eigenvalue weighted by Crippen LogP contribution is 2.25. The number of carbonyl (C=O) groups excluding carboxylic acids is 1. The summed E-state index contributed by atoms with van der Waals surface area (Å²) >= 11 is 7.58. The lowest BCUT2D eigenvalue weighted by Gasteiger charge is -2.28. The fourth-order valence-electron chi connectivity index (χ4n) is 3.12. The van der Waals surface area contributed by atoms with E-state index in [-0.39, 0.29) is 34.7 Å². The van der Waals surface area contributed by atoms with Gasteiger partial charge in [0.15, 0.2) is 20.7 Å². The Morgan fingerprint density at radius 1 is 1.38 bits per heavy atom. The Balaban J connectivity index is 1.93. The van der Waals surface area contributed by atoms with E-state index in [9.17, 15) is 13.2 Å². The van der Waals surface area contributed by atoms with Gasteiger partial charge >= 0.3 is 0 Å². The number of halogens is 1. The molecule has 1 aromatic heterocycles. The maximum Gasteiger partial charge on any atom is 0.274 e. The van der Waals surface area contributed by atoms with Gasteiger partial charge in [0.25, 0.3) is 5.91 Å². The lowest BCUT2D eigenvalue weighted by atomic mass is 10.1. The Kier molecular flexibility index (Phi) is 6.97. The predicted molar refractivity (Wildman–Crippen MR) is 116 cm³/mol. The molecule has 1 fully saturated rings. The molecule has 1 unspecified atom stereocenters. The molecule has 1 saturated heterocycles. The minimum Gasteiger partial charge on any atom is -0.329 e. The van der Waals surface area contributed by atoms with Crippen molar-refractivity contribution in [3.8, 4) is 0 Å². The van der Waals surface area contributed by atoms with Crippen LogP contribution in [0.1, 0.15) is 28.0 Å². The Labute approximate surface area is 180 Å². The number of amides is 1. The van der Waals surface area contributed by atoms with E-state index in [1.54, 1.807) is 11.0 Å². The minimum atomic E-state index is -3.16. The van der Waals surface area contributed by atoms with Gasteiger partial charge in [0.1, 0.15) is 0 Å². The molecule has 0 spiro atoms. The van der Waals surface area contributed by atoms with E-state index in [1.165, 1.54) is 18.0 Å². The highest BCUT2D eigenvalue weighted by molar-refractivity contribution is 7.99. The van der Waals surface area contributed by atoms with Gasteiger partial charge in [-0.1, -0.05) is 59.3 Å². The summed E-state index contributed by atoms with van der Waals surface area (Å²) in [6.07, 6.45) is 3.53. The van der Waals surface area contributed by atoms with E-state index in [0.717, 1.165) is 11.1 Å². The van der Waals surface area contributed by atoms with Crippen LogP contribution in [0.2, 0.25) is 5.02 Å². The second kappa shape index (κ2) is 9.28. The number of nitrogens with zero attached hydrogens (tertiary/aromatic N) is 3. The Morgan fingerprint density at radius 3 is 2.72 bits per heavy atom. The summed E-state index contributed by atoms with van der Waals surface area (Å²) in [7, 11) is -3.16. The van der Waals surface area contributed by atoms with Crippen LogP contribution in [0.4, 0.5) is 0 Å². The summed E-state index contributed by atoms with van der Waals surface area (Å²) in [4.78, 5) is 23.4. The fourth-order valence-corrected chi connectivity index (χ4v) is 5.57. The number of hydrogen-bond donors (Lipinski definition) is 0. The van der Waals surface area contributed by atoms with Crippen LogP contribution in [0.3, 0.4) is 0 Å². The van der Waals surface area contributed by atoms with Crippen LogP contribution in [-0.4, -0.2) is 52.5 Å². The lowest BCUT2D eigenvalue weighted by Crippen LogP contribution is -2.41. The van der Waals surface area contributed by atoms with E-state index in [0.29, 0.717) is 17.3 Å². The molecule has 2 aromatic rings. The van der Waals surface area contributed by atoms with Gasteiger partial charge in [-0.25, -0.2) is 18.4 Å². The topological polar surface area (TPSA) is 80.2 Å². The average Bonchev–Trinajstić information content (AvgIpc) is 3.06. The van der Waals surface area contributed by atoms with Crippen LogP contribution in [0.15, 0.2) is 48.3 Å². The number of benzene rings is 1. The second-order valence-corrected chi connectivity index (χ2v) is 10.5.